The van der Waals surface area contributed by atoms with E-state index in [1.807, 2.05) is 6.07 Å². The molecule has 2 heterocycles. The van der Waals surface area contributed by atoms with E-state index in [0.29, 0.717) is 5.56 Å². The molecule has 0 unspecified atom stereocenters. The summed E-state index contributed by atoms with van der Waals surface area (Å²) in [5.41, 5.74) is 6.38. The van der Waals surface area contributed by atoms with Gasteiger partial charge in [-0.15, -0.1) is 0 Å². The Morgan fingerprint density at radius 3 is 2.69 bits per heavy atom. The Morgan fingerprint density at radius 1 is 1.38 bits per heavy atom. The van der Waals surface area contributed by atoms with Gasteiger partial charge >= 0.3 is 0 Å². The number of nitrogen functional groups attached to an aromatic ring is 1. The van der Waals surface area contributed by atoms with E-state index in [1.165, 1.54) is 0 Å². The van der Waals surface area contributed by atoms with Crippen LogP contribution in [0.25, 0.3) is 11.1 Å². The minimum absolute atomic E-state index is 0.0559. The topological polar surface area (TPSA) is 95.6 Å². The summed E-state index contributed by atoms with van der Waals surface area (Å²) in [5.74, 6) is 0.232. The minimum Gasteiger partial charge on any atom is -0.385 e. The molecule has 0 bridgehead atoms. The third-order valence-electron chi connectivity index (χ3n) is 2.16. The van der Waals surface area contributed by atoms with Crippen molar-refractivity contribution >= 4 is 5.82 Å². The lowest BCUT2D eigenvalue weighted by atomic mass is 10.0. The largest absolute Gasteiger partial charge is 0.385 e. The zero-order valence-electron chi connectivity index (χ0n) is 8.27. The van der Waals surface area contributed by atoms with Crippen LogP contribution in [0.1, 0.15) is 5.56 Å². The number of nitriles is 1. The second-order valence-corrected chi connectivity index (χ2v) is 3.19. The highest BCUT2D eigenvalue weighted by molar-refractivity contribution is 5.71. The summed E-state index contributed by atoms with van der Waals surface area (Å²) >= 11 is 0. The van der Waals surface area contributed by atoms with Crippen LogP contribution >= 0.6 is 0 Å². The lowest BCUT2D eigenvalue weighted by molar-refractivity contribution is 1.22. The molecule has 5 heteroatoms. The van der Waals surface area contributed by atoms with Gasteiger partial charge in [-0.05, 0) is 23.8 Å². The van der Waals surface area contributed by atoms with Gasteiger partial charge in [0.2, 0.25) is 0 Å². The van der Waals surface area contributed by atoms with Crippen molar-refractivity contribution in [1.29, 1.82) is 5.26 Å². The number of nitrogens with zero attached hydrogens (tertiary/aromatic N) is 2. The molecule has 0 saturated carbocycles. The number of H-pyrrole nitrogens is 1. The molecule has 0 spiro atoms. The quantitative estimate of drug-likeness (QED) is 0.733. The Hall–Kier alpha value is -2.61. The number of pyridine rings is 2. The van der Waals surface area contributed by atoms with Crippen LogP contribution in [0.5, 0.6) is 0 Å². The molecule has 78 valence electrons. The summed E-state index contributed by atoms with van der Waals surface area (Å²) < 4.78 is 0. The van der Waals surface area contributed by atoms with Gasteiger partial charge in [-0.25, -0.2) is 0 Å². The van der Waals surface area contributed by atoms with E-state index < -0.39 is 5.56 Å². The fourth-order valence-electron chi connectivity index (χ4n) is 1.45. The average Bonchev–Trinajstić information content (AvgIpc) is 2.29. The van der Waals surface area contributed by atoms with Crippen molar-refractivity contribution in [2.75, 3.05) is 5.73 Å². The standard InChI is InChI=1S/C11H8N4O/c12-6-9-8(5-10(13)15-11(9)16)7-1-3-14-4-2-7/h1-5H,(H3,13,15,16). The Labute approximate surface area is 91.2 Å². The van der Waals surface area contributed by atoms with Crippen molar-refractivity contribution in [3.63, 3.8) is 0 Å². The zero-order chi connectivity index (χ0) is 11.5. The molecule has 2 rings (SSSR count). The van der Waals surface area contributed by atoms with Crippen molar-refractivity contribution < 1.29 is 0 Å². The first-order chi connectivity index (χ1) is 7.72. The molecule has 0 saturated heterocycles. The number of aromatic amines is 1. The van der Waals surface area contributed by atoms with E-state index in [4.69, 9.17) is 11.0 Å². The Kier molecular flexibility index (Phi) is 2.40. The molecule has 0 aromatic carbocycles. The average molecular weight is 212 g/mol. The first kappa shape index (κ1) is 9.93. The summed E-state index contributed by atoms with van der Waals surface area (Å²) in [6.45, 7) is 0. The van der Waals surface area contributed by atoms with Crippen LogP contribution in [0.2, 0.25) is 0 Å². The van der Waals surface area contributed by atoms with Gasteiger partial charge in [-0.1, -0.05) is 0 Å². The molecule has 0 aliphatic rings. The number of nitrogens with one attached hydrogen (secondary N) is 1. The molecule has 2 aromatic heterocycles. The summed E-state index contributed by atoms with van der Waals surface area (Å²) in [6.07, 6.45) is 3.18. The summed E-state index contributed by atoms with van der Waals surface area (Å²) in [4.78, 5) is 17.7. The Bertz CT molecular complexity index is 610. The molecular weight excluding hydrogens is 204 g/mol. The van der Waals surface area contributed by atoms with Gasteiger partial charge < -0.3 is 10.7 Å². The summed E-state index contributed by atoms with van der Waals surface area (Å²) in [6, 6.07) is 6.87. The second kappa shape index (κ2) is 3.87. The third-order valence-corrected chi connectivity index (χ3v) is 2.16. The van der Waals surface area contributed by atoms with Gasteiger partial charge in [0.1, 0.15) is 17.5 Å². The number of hydrogen-bond acceptors (Lipinski definition) is 4. The van der Waals surface area contributed by atoms with E-state index in [2.05, 4.69) is 9.97 Å². The highest BCUT2D eigenvalue weighted by Crippen LogP contribution is 2.21. The lowest BCUT2D eigenvalue weighted by Crippen LogP contribution is -2.13. The van der Waals surface area contributed by atoms with Crippen LogP contribution in [0.3, 0.4) is 0 Å². The zero-order valence-corrected chi connectivity index (χ0v) is 8.27. The Morgan fingerprint density at radius 2 is 2.06 bits per heavy atom. The molecule has 0 aliphatic heterocycles. The lowest BCUT2D eigenvalue weighted by Gasteiger charge is -2.04. The van der Waals surface area contributed by atoms with Crippen LogP contribution < -0.4 is 11.3 Å². The van der Waals surface area contributed by atoms with E-state index in [0.717, 1.165) is 5.56 Å². The molecule has 0 atom stereocenters. The van der Waals surface area contributed by atoms with Crippen LogP contribution in [0.15, 0.2) is 35.4 Å². The monoisotopic (exact) mass is 212 g/mol. The van der Waals surface area contributed by atoms with Gasteiger partial charge in [0.15, 0.2) is 0 Å². The van der Waals surface area contributed by atoms with Crippen LogP contribution in [0, 0.1) is 11.3 Å². The summed E-state index contributed by atoms with van der Waals surface area (Å²) in [5, 5.41) is 8.93. The second-order valence-electron chi connectivity index (χ2n) is 3.19. The molecule has 0 radical (unpaired) electrons. The number of hydrogen-bond donors (Lipinski definition) is 2. The van der Waals surface area contributed by atoms with E-state index in [-0.39, 0.29) is 11.4 Å². The maximum absolute atomic E-state index is 11.5. The predicted octanol–water partition coefficient (Wildman–Crippen LogP) is 0.891. The molecule has 2 aromatic rings. The third kappa shape index (κ3) is 1.64. The predicted molar refractivity (Wildman–Crippen MR) is 59.4 cm³/mol. The molecule has 16 heavy (non-hydrogen) atoms. The van der Waals surface area contributed by atoms with Crippen molar-refractivity contribution in [2.45, 2.75) is 0 Å². The van der Waals surface area contributed by atoms with Crippen LogP contribution in [-0.2, 0) is 0 Å². The molecule has 0 amide bonds. The molecular formula is C11H8N4O. The first-order valence-electron chi connectivity index (χ1n) is 4.55. The highest BCUT2D eigenvalue weighted by atomic mass is 16.1. The van der Waals surface area contributed by atoms with Gasteiger partial charge in [0.25, 0.3) is 5.56 Å². The van der Waals surface area contributed by atoms with E-state index in [1.54, 1.807) is 30.6 Å². The number of rotatable bonds is 1. The van der Waals surface area contributed by atoms with E-state index >= 15 is 0 Å². The maximum atomic E-state index is 11.5. The van der Waals surface area contributed by atoms with Gasteiger partial charge in [0, 0.05) is 18.0 Å². The SMILES string of the molecule is N#Cc1c(-c2ccncc2)cc(N)[nH]c1=O. The maximum Gasteiger partial charge on any atom is 0.268 e. The smallest absolute Gasteiger partial charge is 0.268 e. The normalized spacial score (nSPS) is 9.69. The molecule has 5 nitrogen and oxygen atoms in total. The van der Waals surface area contributed by atoms with Crippen molar-refractivity contribution in [3.05, 3.63) is 46.5 Å². The molecule has 3 N–H and O–H groups in total. The van der Waals surface area contributed by atoms with Crippen molar-refractivity contribution in [3.8, 4) is 17.2 Å². The Balaban J connectivity index is 2.75. The first-order valence-corrected chi connectivity index (χ1v) is 4.55. The van der Waals surface area contributed by atoms with E-state index in [9.17, 15) is 4.79 Å². The number of anilines is 1. The van der Waals surface area contributed by atoms with Gasteiger partial charge in [0.05, 0.1) is 0 Å². The van der Waals surface area contributed by atoms with Crippen molar-refractivity contribution in [2.24, 2.45) is 0 Å². The molecule has 0 aliphatic carbocycles. The summed E-state index contributed by atoms with van der Waals surface area (Å²) in [7, 11) is 0. The van der Waals surface area contributed by atoms with Crippen LogP contribution in [-0.4, -0.2) is 9.97 Å². The number of aromatic nitrogens is 2. The minimum atomic E-state index is -0.477. The fraction of sp³-hybridized carbons (Fsp3) is 0. The van der Waals surface area contributed by atoms with Gasteiger partial charge in [-0.2, -0.15) is 5.26 Å². The number of nitrogens with two attached hydrogens (primary N) is 1. The highest BCUT2D eigenvalue weighted by Gasteiger charge is 2.09. The van der Waals surface area contributed by atoms with Crippen LogP contribution in [0.4, 0.5) is 5.82 Å². The molecule has 0 fully saturated rings. The van der Waals surface area contributed by atoms with Crippen molar-refractivity contribution in [1.82, 2.24) is 9.97 Å². The fourth-order valence-corrected chi connectivity index (χ4v) is 1.45. The van der Waals surface area contributed by atoms with Gasteiger partial charge in [-0.3, -0.25) is 9.78 Å².